The number of aromatic hydroxyl groups is 5. The van der Waals surface area contributed by atoms with Gasteiger partial charge in [-0.25, -0.2) is 9.59 Å². The third kappa shape index (κ3) is 11.1. The molecule has 0 radical (unpaired) electrons. The highest BCUT2D eigenvalue weighted by Gasteiger charge is 2.53. The van der Waals surface area contributed by atoms with Crippen LogP contribution in [-0.4, -0.2) is 158 Å². The lowest BCUT2D eigenvalue weighted by atomic mass is 9.96. The molecule has 326 valence electrons. The first kappa shape index (κ1) is 45.4. The topological polar surface area (TPSA) is 310 Å². The van der Waals surface area contributed by atoms with Crippen LogP contribution in [0.25, 0.3) is 12.2 Å². The quantitative estimate of drug-likeness (QED) is 0.0513. The second kappa shape index (κ2) is 20.5. The van der Waals surface area contributed by atoms with Gasteiger partial charge in [0.1, 0.15) is 49.3 Å². The van der Waals surface area contributed by atoms with E-state index in [4.69, 9.17) is 37.9 Å². The van der Waals surface area contributed by atoms with Crippen molar-refractivity contribution in [1.82, 2.24) is 0 Å². The molecule has 0 aromatic heterocycles. The predicted molar refractivity (Wildman–Crippen MR) is 203 cm³/mol. The van der Waals surface area contributed by atoms with Crippen LogP contribution in [0.1, 0.15) is 16.7 Å². The van der Waals surface area contributed by atoms with Crippen molar-refractivity contribution in [1.29, 1.82) is 0 Å². The van der Waals surface area contributed by atoms with Crippen LogP contribution in [0.3, 0.4) is 0 Å². The van der Waals surface area contributed by atoms with Crippen molar-refractivity contribution in [3.63, 3.8) is 0 Å². The molecule has 0 unspecified atom stereocenters. The summed E-state index contributed by atoms with van der Waals surface area (Å²) in [7, 11) is 2.64. The summed E-state index contributed by atoms with van der Waals surface area (Å²) in [6, 6.07) is 10.6. The zero-order valence-corrected chi connectivity index (χ0v) is 32.1. The Bertz CT molecular complexity index is 1980. The van der Waals surface area contributed by atoms with Gasteiger partial charge in [-0.15, -0.1) is 0 Å². The highest BCUT2D eigenvalue weighted by molar-refractivity contribution is 5.88. The van der Waals surface area contributed by atoms with Gasteiger partial charge in [0.2, 0.25) is 5.75 Å². The minimum absolute atomic E-state index is 0.0662. The number of phenols is 5. The molecule has 0 amide bonds. The highest BCUT2D eigenvalue weighted by Crippen LogP contribution is 2.38. The molecule has 2 heterocycles. The zero-order valence-electron chi connectivity index (χ0n) is 32.1. The number of aliphatic hydroxyl groups excluding tert-OH is 5. The van der Waals surface area contributed by atoms with Crippen LogP contribution < -0.4 is 9.47 Å². The van der Waals surface area contributed by atoms with Crippen LogP contribution in [0.4, 0.5) is 0 Å². The number of hydrogen-bond donors (Lipinski definition) is 10. The Balaban J connectivity index is 1.32. The standard InChI is InChI=1S/C40H46O20/c1-53-26-15-21(16-27(54-2)32(26)48)6-9-30(46)56-18-29-33(49)34(50)35(51)40(58-29)60-38-36(52)39(55-12-11-20-4-8-23(43)25(45)14-20)57-28(17-41)37(38)59-31(47)10-5-19-3-7-22(42)24(44)13-19/h3-10,13-16,28-29,33-45,48-52H,11-12,17-18H2,1-2H3/b9-6+,10-5+/t28-,29-,33-,34+,35-,36-,37-,38-,39-,40+/m1/s1. The molecule has 2 aliphatic rings. The van der Waals surface area contributed by atoms with Crippen LogP contribution in [0, 0.1) is 0 Å². The van der Waals surface area contributed by atoms with Crippen LogP contribution in [0.15, 0.2) is 60.7 Å². The molecule has 0 bridgehead atoms. The normalized spacial score (nSPS) is 26.9. The summed E-state index contributed by atoms with van der Waals surface area (Å²) < 4.78 is 44.2. The fraction of sp³-hybridized carbons (Fsp3) is 0.400. The number of ether oxygens (including phenoxy) is 8. The van der Waals surface area contributed by atoms with Crippen molar-refractivity contribution in [2.45, 2.75) is 67.8 Å². The summed E-state index contributed by atoms with van der Waals surface area (Å²) in [6.45, 7) is -1.69. The summed E-state index contributed by atoms with van der Waals surface area (Å²) in [5.74, 6) is -3.72. The van der Waals surface area contributed by atoms with Crippen LogP contribution >= 0.6 is 0 Å². The Morgan fingerprint density at radius 1 is 0.667 bits per heavy atom. The van der Waals surface area contributed by atoms with E-state index >= 15 is 0 Å². The minimum Gasteiger partial charge on any atom is -0.504 e. The van der Waals surface area contributed by atoms with Crippen molar-refractivity contribution >= 4 is 24.1 Å². The van der Waals surface area contributed by atoms with Gasteiger partial charge in [-0.2, -0.15) is 0 Å². The van der Waals surface area contributed by atoms with Crippen molar-refractivity contribution in [3.8, 4) is 40.2 Å². The number of benzene rings is 3. The van der Waals surface area contributed by atoms with E-state index in [2.05, 4.69) is 0 Å². The van der Waals surface area contributed by atoms with E-state index in [1.54, 1.807) is 0 Å². The molecule has 3 aromatic carbocycles. The van der Waals surface area contributed by atoms with E-state index in [1.165, 1.54) is 68.8 Å². The summed E-state index contributed by atoms with van der Waals surface area (Å²) in [5.41, 5.74) is 1.18. The molecule has 0 saturated carbocycles. The van der Waals surface area contributed by atoms with E-state index in [0.29, 0.717) is 11.1 Å². The summed E-state index contributed by atoms with van der Waals surface area (Å²) in [4.78, 5) is 25.8. The van der Waals surface area contributed by atoms with Gasteiger partial charge in [0.25, 0.3) is 0 Å². The number of esters is 2. The van der Waals surface area contributed by atoms with Crippen LogP contribution in [0.5, 0.6) is 40.2 Å². The molecule has 0 spiro atoms. The van der Waals surface area contributed by atoms with Gasteiger partial charge in [-0.3, -0.25) is 0 Å². The van der Waals surface area contributed by atoms with E-state index in [-0.39, 0.29) is 47.3 Å². The number of rotatable bonds is 16. The van der Waals surface area contributed by atoms with Crippen LogP contribution in [0.2, 0.25) is 0 Å². The van der Waals surface area contributed by atoms with Gasteiger partial charge in [-0.05, 0) is 71.7 Å². The largest absolute Gasteiger partial charge is 0.504 e. The third-order valence-electron chi connectivity index (χ3n) is 9.43. The number of hydrogen-bond acceptors (Lipinski definition) is 20. The fourth-order valence-corrected chi connectivity index (χ4v) is 6.18. The Hall–Kier alpha value is -5.68. The Morgan fingerprint density at radius 2 is 1.28 bits per heavy atom. The molecule has 2 fully saturated rings. The maximum Gasteiger partial charge on any atom is 0.331 e. The maximum absolute atomic E-state index is 13.1. The number of carbonyl (C=O) groups excluding carboxylic acids is 2. The third-order valence-corrected chi connectivity index (χ3v) is 9.43. The fourth-order valence-electron chi connectivity index (χ4n) is 6.18. The Labute approximate surface area is 341 Å². The predicted octanol–water partition coefficient (Wildman–Crippen LogP) is -0.0564. The molecule has 10 atom stereocenters. The van der Waals surface area contributed by atoms with Crippen LogP contribution in [-0.2, 0) is 44.4 Å². The molecule has 20 heteroatoms. The van der Waals surface area contributed by atoms with Gasteiger partial charge in [0.05, 0.1) is 27.4 Å². The smallest absolute Gasteiger partial charge is 0.331 e. The lowest BCUT2D eigenvalue weighted by Gasteiger charge is -2.46. The molecular weight excluding hydrogens is 800 g/mol. The number of aliphatic hydroxyl groups is 5. The first-order chi connectivity index (χ1) is 28.6. The van der Waals surface area contributed by atoms with Crippen molar-refractivity contribution < 1.29 is 98.5 Å². The molecular formula is C40H46O20. The van der Waals surface area contributed by atoms with E-state index < -0.39 is 98.1 Å². The first-order valence-electron chi connectivity index (χ1n) is 18.3. The molecule has 20 nitrogen and oxygen atoms in total. The molecule has 0 aliphatic carbocycles. The minimum atomic E-state index is -2.01. The van der Waals surface area contributed by atoms with Gasteiger partial charge < -0.3 is 89.0 Å². The van der Waals surface area contributed by atoms with Crippen molar-refractivity contribution in [3.05, 3.63) is 77.4 Å². The highest BCUT2D eigenvalue weighted by atomic mass is 16.7. The van der Waals surface area contributed by atoms with Gasteiger partial charge in [-0.1, -0.05) is 12.1 Å². The number of phenolic OH excluding ortho intramolecular Hbond substituents is 5. The average Bonchev–Trinajstić information content (AvgIpc) is 3.23. The summed E-state index contributed by atoms with van der Waals surface area (Å²) >= 11 is 0. The second-order valence-corrected chi connectivity index (χ2v) is 13.5. The summed E-state index contributed by atoms with van der Waals surface area (Å²) in [6.07, 6.45) is -13.0. The summed E-state index contributed by atoms with van der Waals surface area (Å²) in [5, 5.41) is 103. The van der Waals surface area contributed by atoms with E-state index in [0.717, 1.165) is 18.2 Å². The Kier molecular flexibility index (Phi) is 15.5. The SMILES string of the molecule is COc1cc(/C=C/C(=O)OC[C@H]2O[C@@H](O[C@@H]3[C@@H](O)[C@H](OCCc4ccc(O)c(O)c4)O[C@H](CO)[C@H]3OC(=O)/C=C/c3ccc(O)c(O)c3)[C@H](O)[C@@H](O)[C@@H]2O)cc(OC)c1O. The van der Waals surface area contributed by atoms with Gasteiger partial charge >= 0.3 is 11.9 Å². The molecule has 5 rings (SSSR count). The maximum atomic E-state index is 13.1. The molecule has 2 aliphatic heterocycles. The van der Waals surface area contributed by atoms with E-state index in [9.17, 15) is 60.7 Å². The lowest BCUT2D eigenvalue weighted by molar-refractivity contribution is -0.360. The molecule has 3 aromatic rings. The van der Waals surface area contributed by atoms with Gasteiger partial charge in [0, 0.05) is 12.2 Å². The zero-order chi connectivity index (χ0) is 43.7. The average molecular weight is 847 g/mol. The van der Waals surface area contributed by atoms with Gasteiger partial charge in [0.15, 0.2) is 53.2 Å². The molecule has 60 heavy (non-hydrogen) atoms. The molecule has 10 N–H and O–H groups in total. The monoisotopic (exact) mass is 846 g/mol. The lowest BCUT2D eigenvalue weighted by Crippen LogP contribution is -2.65. The first-order valence-corrected chi connectivity index (χ1v) is 18.3. The van der Waals surface area contributed by atoms with Crippen molar-refractivity contribution in [2.75, 3.05) is 34.0 Å². The molecule has 2 saturated heterocycles. The van der Waals surface area contributed by atoms with E-state index in [1.807, 2.05) is 0 Å². The second-order valence-electron chi connectivity index (χ2n) is 13.5. The number of carbonyl (C=O) groups is 2. The van der Waals surface area contributed by atoms with Crippen molar-refractivity contribution in [2.24, 2.45) is 0 Å². The number of methoxy groups -OCH3 is 2. The Morgan fingerprint density at radius 3 is 1.92 bits per heavy atom.